The molecule has 2 aromatic carbocycles. The predicted octanol–water partition coefficient (Wildman–Crippen LogP) is 6.40. The number of carbonyl (C=O) groups is 1. The first-order valence-electron chi connectivity index (χ1n) is 10.8. The molecule has 3 aromatic rings. The minimum atomic E-state index is -0.912. The van der Waals surface area contributed by atoms with Crippen molar-refractivity contribution in [2.45, 2.75) is 58.2 Å². The fraction of sp³-hybridized carbons (Fsp3) is 0.333. The van der Waals surface area contributed by atoms with Crippen molar-refractivity contribution >= 4 is 17.7 Å². The fourth-order valence-corrected chi connectivity index (χ4v) is 5.02. The summed E-state index contributed by atoms with van der Waals surface area (Å²) in [6.07, 6.45) is 0.842. The van der Waals surface area contributed by atoms with Gasteiger partial charge in [0.25, 0.3) is 0 Å². The number of aryl methyl sites for hydroxylation is 2. The monoisotopic (exact) mass is 448 g/mol. The van der Waals surface area contributed by atoms with E-state index in [2.05, 4.69) is 52.0 Å². The van der Waals surface area contributed by atoms with Gasteiger partial charge >= 0.3 is 5.97 Å². The van der Waals surface area contributed by atoms with E-state index in [9.17, 15) is 9.90 Å². The van der Waals surface area contributed by atoms with Gasteiger partial charge in [-0.3, -0.25) is 4.98 Å². The van der Waals surface area contributed by atoms with Gasteiger partial charge in [0.05, 0.1) is 5.56 Å². The highest BCUT2D eigenvalue weighted by Crippen LogP contribution is 2.37. The molecule has 0 unspecified atom stereocenters. The second kappa shape index (κ2) is 9.88. The van der Waals surface area contributed by atoms with Gasteiger partial charge in [0, 0.05) is 28.6 Å². The summed E-state index contributed by atoms with van der Waals surface area (Å²) < 4.78 is 0. The van der Waals surface area contributed by atoms with Crippen LogP contribution in [0.4, 0.5) is 0 Å². The average Bonchev–Trinajstić information content (AvgIpc) is 2.72. The summed E-state index contributed by atoms with van der Waals surface area (Å²) in [5.41, 5.74) is 14.4. The number of nitrogens with zero attached hydrogens (tertiary/aromatic N) is 1. The molecular weight excluding hydrogens is 416 g/mol. The van der Waals surface area contributed by atoms with Crippen molar-refractivity contribution in [3.63, 3.8) is 0 Å². The van der Waals surface area contributed by atoms with Gasteiger partial charge in [0.2, 0.25) is 0 Å². The maximum absolute atomic E-state index is 11.7. The number of carboxylic acid groups (broad SMARTS) is 1. The van der Waals surface area contributed by atoms with Gasteiger partial charge < -0.3 is 10.8 Å². The Morgan fingerprint density at radius 2 is 1.69 bits per heavy atom. The van der Waals surface area contributed by atoms with Crippen LogP contribution in [0.5, 0.6) is 0 Å². The quantitative estimate of drug-likeness (QED) is 0.409. The number of aromatic nitrogens is 1. The molecule has 168 valence electrons. The van der Waals surface area contributed by atoms with Crippen LogP contribution in [-0.4, -0.2) is 16.1 Å². The van der Waals surface area contributed by atoms with E-state index < -0.39 is 5.97 Å². The topological polar surface area (TPSA) is 76.2 Å². The van der Waals surface area contributed by atoms with Crippen molar-refractivity contribution in [3.05, 3.63) is 82.2 Å². The van der Waals surface area contributed by atoms with Crippen LogP contribution in [0.3, 0.4) is 0 Å². The Hall–Kier alpha value is -2.63. The fourth-order valence-electron chi connectivity index (χ4n) is 3.88. The maximum Gasteiger partial charge on any atom is 0.336 e. The molecule has 0 aliphatic carbocycles. The Kier molecular flexibility index (Phi) is 7.42. The second-order valence-corrected chi connectivity index (χ2v) is 10.4. The molecule has 0 radical (unpaired) electrons. The molecular formula is C27H32N2O2S. The third-order valence-electron chi connectivity index (χ3n) is 5.42. The van der Waals surface area contributed by atoms with Gasteiger partial charge in [0.15, 0.2) is 0 Å². The minimum absolute atomic E-state index is 0.0879. The molecule has 0 saturated carbocycles. The number of aromatic carboxylic acids is 1. The maximum atomic E-state index is 11.7. The van der Waals surface area contributed by atoms with E-state index >= 15 is 0 Å². The van der Waals surface area contributed by atoms with Crippen LogP contribution in [-0.2, 0) is 18.7 Å². The summed E-state index contributed by atoms with van der Waals surface area (Å²) in [4.78, 5) is 17.4. The standard InChI is InChI=1S/C27H32N2O2S/c1-17-10-12-19(13-11-17)25-21(15-28)23(14-27(3,4)5)29-18(2)22(25)16-32-24-9-7-6-8-20(24)26(30)31/h6-13H,14-16,28H2,1-5H3,(H,30,31). The van der Waals surface area contributed by atoms with Crippen LogP contribution in [0.1, 0.15) is 59.2 Å². The molecule has 0 aliphatic heterocycles. The average molecular weight is 449 g/mol. The summed E-state index contributed by atoms with van der Waals surface area (Å²) in [7, 11) is 0. The predicted molar refractivity (Wildman–Crippen MR) is 133 cm³/mol. The molecule has 0 spiro atoms. The number of thioether (sulfide) groups is 1. The lowest BCUT2D eigenvalue weighted by Crippen LogP contribution is -2.17. The van der Waals surface area contributed by atoms with Gasteiger partial charge in [-0.2, -0.15) is 0 Å². The van der Waals surface area contributed by atoms with E-state index in [0.717, 1.165) is 45.0 Å². The number of hydrogen-bond acceptors (Lipinski definition) is 4. The van der Waals surface area contributed by atoms with E-state index in [4.69, 9.17) is 10.7 Å². The molecule has 1 aromatic heterocycles. The van der Waals surface area contributed by atoms with Crippen molar-refractivity contribution in [1.29, 1.82) is 0 Å². The van der Waals surface area contributed by atoms with Gasteiger partial charge in [-0.05, 0) is 60.1 Å². The summed E-state index contributed by atoms with van der Waals surface area (Å²) in [6, 6.07) is 15.7. The van der Waals surface area contributed by atoms with Crippen molar-refractivity contribution in [3.8, 4) is 11.1 Å². The van der Waals surface area contributed by atoms with Gasteiger partial charge in [0.1, 0.15) is 0 Å². The molecule has 0 saturated heterocycles. The van der Waals surface area contributed by atoms with E-state index in [1.165, 1.54) is 17.3 Å². The molecule has 0 atom stereocenters. The number of nitrogens with two attached hydrogens (primary N) is 1. The van der Waals surface area contributed by atoms with Crippen molar-refractivity contribution in [1.82, 2.24) is 4.98 Å². The Morgan fingerprint density at radius 1 is 1.03 bits per heavy atom. The zero-order valence-electron chi connectivity index (χ0n) is 19.5. The van der Waals surface area contributed by atoms with Crippen LogP contribution in [0.15, 0.2) is 53.4 Å². The summed E-state index contributed by atoms with van der Waals surface area (Å²) >= 11 is 1.53. The molecule has 0 aliphatic rings. The summed E-state index contributed by atoms with van der Waals surface area (Å²) in [6.45, 7) is 11.2. The number of carboxylic acids is 1. The lowest BCUT2D eigenvalue weighted by atomic mass is 9.85. The molecule has 0 amide bonds. The van der Waals surface area contributed by atoms with Crippen LogP contribution >= 0.6 is 11.8 Å². The molecule has 0 fully saturated rings. The zero-order valence-corrected chi connectivity index (χ0v) is 20.3. The Labute approximate surface area is 195 Å². The lowest BCUT2D eigenvalue weighted by molar-refractivity contribution is 0.0693. The summed E-state index contributed by atoms with van der Waals surface area (Å²) in [5.74, 6) is -0.292. The number of pyridine rings is 1. The zero-order chi connectivity index (χ0) is 23.5. The van der Waals surface area contributed by atoms with Crippen LogP contribution in [0.25, 0.3) is 11.1 Å². The molecule has 3 N–H and O–H groups in total. The largest absolute Gasteiger partial charge is 0.478 e. The SMILES string of the molecule is Cc1ccc(-c2c(CSc3ccccc3C(=O)O)c(C)nc(CC(C)(C)C)c2CN)cc1. The Balaban J connectivity index is 2.14. The van der Waals surface area contributed by atoms with E-state index in [1.54, 1.807) is 12.1 Å². The third-order valence-corrected chi connectivity index (χ3v) is 6.52. The van der Waals surface area contributed by atoms with Crippen LogP contribution in [0, 0.1) is 19.3 Å². The minimum Gasteiger partial charge on any atom is -0.478 e. The Morgan fingerprint density at radius 3 is 2.28 bits per heavy atom. The van der Waals surface area contributed by atoms with Gasteiger partial charge in [-0.25, -0.2) is 4.79 Å². The van der Waals surface area contributed by atoms with E-state index in [1.807, 2.05) is 19.1 Å². The molecule has 1 heterocycles. The molecule has 4 nitrogen and oxygen atoms in total. The smallest absolute Gasteiger partial charge is 0.336 e. The first-order valence-corrected chi connectivity index (χ1v) is 11.8. The lowest BCUT2D eigenvalue weighted by Gasteiger charge is -2.24. The van der Waals surface area contributed by atoms with E-state index in [0.29, 0.717) is 17.9 Å². The highest BCUT2D eigenvalue weighted by molar-refractivity contribution is 7.98. The molecule has 3 rings (SSSR count). The first kappa shape index (κ1) is 24.0. The molecule has 5 heteroatoms. The molecule has 32 heavy (non-hydrogen) atoms. The summed E-state index contributed by atoms with van der Waals surface area (Å²) in [5, 5.41) is 9.56. The van der Waals surface area contributed by atoms with Crippen molar-refractivity contribution in [2.24, 2.45) is 11.1 Å². The Bertz CT molecular complexity index is 1120. The number of rotatable bonds is 7. The van der Waals surface area contributed by atoms with Crippen molar-refractivity contribution < 1.29 is 9.90 Å². The van der Waals surface area contributed by atoms with Gasteiger partial charge in [-0.15, -0.1) is 11.8 Å². The van der Waals surface area contributed by atoms with Gasteiger partial charge in [-0.1, -0.05) is 62.7 Å². The third kappa shape index (κ3) is 5.59. The normalized spacial score (nSPS) is 11.6. The number of benzene rings is 2. The number of hydrogen-bond donors (Lipinski definition) is 2. The first-order chi connectivity index (χ1) is 15.1. The highest BCUT2D eigenvalue weighted by atomic mass is 32.2. The second-order valence-electron chi connectivity index (χ2n) is 9.37. The van der Waals surface area contributed by atoms with Crippen LogP contribution < -0.4 is 5.73 Å². The van der Waals surface area contributed by atoms with Crippen LogP contribution in [0.2, 0.25) is 0 Å². The van der Waals surface area contributed by atoms with Crippen molar-refractivity contribution in [2.75, 3.05) is 0 Å². The van der Waals surface area contributed by atoms with E-state index in [-0.39, 0.29) is 5.41 Å². The molecule has 0 bridgehead atoms. The highest BCUT2D eigenvalue weighted by Gasteiger charge is 2.22.